The molecule has 1 unspecified atom stereocenters. The van der Waals surface area contributed by atoms with E-state index in [4.69, 9.17) is 5.11 Å². The van der Waals surface area contributed by atoms with Crippen LogP contribution in [0.2, 0.25) is 0 Å². The second-order valence-electron chi connectivity index (χ2n) is 6.94. The van der Waals surface area contributed by atoms with Crippen LogP contribution in [0, 0.1) is 11.8 Å². The van der Waals surface area contributed by atoms with Gasteiger partial charge < -0.3 is 15.7 Å². The van der Waals surface area contributed by atoms with Crippen molar-refractivity contribution in [2.45, 2.75) is 26.2 Å². The van der Waals surface area contributed by atoms with Crippen LogP contribution in [0.3, 0.4) is 0 Å². The van der Waals surface area contributed by atoms with E-state index in [9.17, 15) is 14.4 Å². The van der Waals surface area contributed by atoms with Gasteiger partial charge in [0.2, 0.25) is 5.91 Å². The molecule has 0 bridgehead atoms. The predicted octanol–water partition coefficient (Wildman–Crippen LogP) is 3.55. The molecule has 140 valence electrons. The number of hydrogen-bond acceptors (Lipinski definition) is 3. The van der Waals surface area contributed by atoms with Crippen molar-refractivity contribution in [3.05, 3.63) is 59.7 Å². The second-order valence-corrected chi connectivity index (χ2v) is 6.94. The molecule has 6 heteroatoms. The Bertz CT molecular complexity index is 857. The molecule has 6 nitrogen and oxygen atoms in total. The summed E-state index contributed by atoms with van der Waals surface area (Å²) in [6.07, 6.45) is 2.28. The van der Waals surface area contributed by atoms with Gasteiger partial charge in [0.1, 0.15) is 0 Å². The third-order valence-corrected chi connectivity index (χ3v) is 4.52. The van der Waals surface area contributed by atoms with Gasteiger partial charge in [0, 0.05) is 22.9 Å². The summed E-state index contributed by atoms with van der Waals surface area (Å²) in [6.45, 7) is 1.66. The average Bonchev–Trinajstić information content (AvgIpc) is 3.48. The molecule has 1 atom stereocenters. The summed E-state index contributed by atoms with van der Waals surface area (Å²) in [7, 11) is 0. The predicted molar refractivity (Wildman–Crippen MR) is 103 cm³/mol. The number of hydrogen-bond donors (Lipinski definition) is 3. The summed E-state index contributed by atoms with van der Waals surface area (Å²) < 4.78 is 0. The molecular weight excluding hydrogens is 344 g/mol. The second kappa shape index (κ2) is 8.03. The molecule has 0 aromatic heterocycles. The minimum atomic E-state index is -0.832. The fourth-order valence-electron chi connectivity index (χ4n) is 2.70. The van der Waals surface area contributed by atoms with E-state index in [2.05, 4.69) is 10.6 Å². The normalized spacial score (nSPS) is 14.3. The summed E-state index contributed by atoms with van der Waals surface area (Å²) in [5.74, 6) is -1.46. The van der Waals surface area contributed by atoms with Gasteiger partial charge in [-0.15, -0.1) is 0 Å². The van der Waals surface area contributed by atoms with Gasteiger partial charge in [-0.2, -0.15) is 0 Å². The number of aliphatic carboxylic acids is 1. The van der Waals surface area contributed by atoms with Crippen molar-refractivity contribution in [3.63, 3.8) is 0 Å². The molecular formula is C21H22N2O4. The number of benzene rings is 2. The number of carboxylic acids is 1. The summed E-state index contributed by atoms with van der Waals surface area (Å²) in [4.78, 5) is 35.2. The highest BCUT2D eigenvalue weighted by molar-refractivity contribution is 6.05. The van der Waals surface area contributed by atoms with Crippen LogP contribution >= 0.6 is 0 Å². The Morgan fingerprint density at radius 1 is 1.04 bits per heavy atom. The molecule has 1 aliphatic rings. The van der Waals surface area contributed by atoms with E-state index in [0.29, 0.717) is 23.4 Å². The Morgan fingerprint density at radius 3 is 2.37 bits per heavy atom. The Morgan fingerprint density at radius 2 is 1.74 bits per heavy atom. The van der Waals surface area contributed by atoms with Crippen LogP contribution in [0.5, 0.6) is 0 Å². The van der Waals surface area contributed by atoms with Crippen LogP contribution in [-0.4, -0.2) is 22.9 Å². The van der Waals surface area contributed by atoms with Gasteiger partial charge >= 0.3 is 5.97 Å². The van der Waals surface area contributed by atoms with Gasteiger partial charge in [-0.25, -0.2) is 0 Å². The van der Waals surface area contributed by atoms with Gasteiger partial charge in [0.05, 0.1) is 5.92 Å². The van der Waals surface area contributed by atoms with E-state index >= 15 is 0 Å². The summed E-state index contributed by atoms with van der Waals surface area (Å²) in [6, 6.07) is 13.9. The first-order valence-electron chi connectivity index (χ1n) is 8.96. The largest absolute Gasteiger partial charge is 0.481 e. The first-order valence-corrected chi connectivity index (χ1v) is 8.96. The van der Waals surface area contributed by atoms with Crippen molar-refractivity contribution < 1.29 is 19.5 Å². The fraction of sp³-hybridized carbons (Fsp3) is 0.286. The highest BCUT2D eigenvalue weighted by Gasteiger charge is 2.29. The lowest BCUT2D eigenvalue weighted by atomic mass is 10.0. The highest BCUT2D eigenvalue weighted by Crippen LogP contribution is 2.30. The molecule has 0 radical (unpaired) electrons. The van der Waals surface area contributed by atoms with Crippen LogP contribution in [0.1, 0.15) is 35.7 Å². The minimum Gasteiger partial charge on any atom is -0.481 e. The molecule has 3 N–H and O–H groups in total. The molecule has 2 aromatic rings. The Hall–Kier alpha value is -3.15. The van der Waals surface area contributed by atoms with Crippen LogP contribution in [0.15, 0.2) is 48.5 Å². The number of amides is 2. The fourth-order valence-corrected chi connectivity index (χ4v) is 2.70. The minimum absolute atomic E-state index is 0.00117. The SMILES string of the molecule is CC(Cc1ccc(NC(=O)c2cccc(NC(=O)C3CC3)c2)cc1)C(=O)O. The van der Waals surface area contributed by atoms with E-state index in [0.717, 1.165) is 18.4 Å². The van der Waals surface area contributed by atoms with Crippen molar-refractivity contribution in [1.29, 1.82) is 0 Å². The lowest BCUT2D eigenvalue weighted by Crippen LogP contribution is -2.15. The first-order chi connectivity index (χ1) is 12.9. The zero-order valence-corrected chi connectivity index (χ0v) is 15.1. The van der Waals surface area contributed by atoms with E-state index < -0.39 is 11.9 Å². The topological polar surface area (TPSA) is 95.5 Å². The van der Waals surface area contributed by atoms with Gasteiger partial charge in [0.15, 0.2) is 0 Å². The third-order valence-electron chi connectivity index (χ3n) is 4.52. The van der Waals surface area contributed by atoms with Crippen LogP contribution in [0.4, 0.5) is 11.4 Å². The smallest absolute Gasteiger partial charge is 0.306 e. The van der Waals surface area contributed by atoms with Crippen LogP contribution in [0.25, 0.3) is 0 Å². The molecule has 1 aliphatic carbocycles. The zero-order chi connectivity index (χ0) is 19.4. The molecule has 1 fully saturated rings. The lowest BCUT2D eigenvalue weighted by molar-refractivity contribution is -0.141. The van der Waals surface area contributed by atoms with E-state index in [1.807, 2.05) is 0 Å². The van der Waals surface area contributed by atoms with Crippen molar-refractivity contribution in [2.75, 3.05) is 10.6 Å². The number of carbonyl (C=O) groups is 3. The molecule has 1 saturated carbocycles. The molecule has 3 rings (SSSR count). The quantitative estimate of drug-likeness (QED) is 0.698. The van der Waals surface area contributed by atoms with Crippen molar-refractivity contribution in [3.8, 4) is 0 Å². The molecule has 2 aromatic carbocycles. The van der Waals surface area contributed by atoms with E-state index in [1.54, 1.807) is 55.5 Å². The lowest BCUT2D eigenvalue weighted by Gasteiger charge is -2.10. The van der Waals surface area contributed by atoms with E-state index in [-0.39, 0.29) is 17.7 Å². The maximum absolute atomic E-state index is 12.4. The molecule has 0 saturated heterocycles. The molecule has 27 heavy (non-hydrogen) atoms. The van der Waals surface area contributed by atoms with Crippen LogP contribution in [-0.2, 0) is 16.0 Å². The molecule has 0 spiro atoms. The summed E-state index contributed by atoms with van der Waals surface area (Å²) in [5.41, 5.74) is 2.58. The summed E-state index contributed by atoms with van der Waals surface area (Å²) >= 11 is 0. The van der Waals surface area contributed by atoms with E-state index in [1.165, 1.54) is 0 Å². The van der Waals surface area contributed by atoms with Gasteiger partial charge in [-0.3, -0.25) is 14.4 Å². The number of nitrogens with one attached hydrogen (secondary N) is 2. The Kier molecular flexibility index (Phi) is 5.54. The van der Waals surface area contributed by atoms with Gasteiger partial charge in [-0.05, 0) is 55.2 Å². The molecule has 0 heterocycles. The van der Waals surface area contributed by atoms with Crippen molar-refractivity contribution in [1.82, 2.24) is 0 Å². The van der Waals surface area contributed by atoms with Crippen molar-refractivity contribution >= 4 is 29.2 Å². The zero-order valence-electron chi connectivity index (χ0n) is 15.1. The standard InChI is InChI=1S/C21H22N2O4/c1-13(21(26)27)11-14-5-9-17(10-6-14)22-20(25)16-3-2-4-18(12-16)23-19(24)15-7-8-15/h2-6,9-10,12-13,15H,7-8,11H2,1H3,(H,22,25)(H,23,24)(H,26,27). The third kappa shape index (κ3) is 5.17. The van der Waals surface area contributed by atoms with Gasteiger partial charge in [0.25, 0.3) is 5.91 Å². The Balaban J connectivity index is 1.61. The molecule has 0 aliphatic heterocycles. The van der Waals surface area contributed by atoms with Crippen molar-refractivity contribution in [2.24, 2.45) is 11.8 Å². The molecule has 2 amide bonds. The maximum Gasteiger partial charge on any atom is 0.306 e. The maximum atomic E-state index is 12.4. The Labute approximate surface area is 157 Å². The summed E-state index contributed by atoms with van der Waals surface area (Å²) in [5, 5.41) is 14.6. The highest BCUT2D eigenvalue weighted by atomic mass is 16.4. The monoisotopic (exact) mass is 366 g/mol. The van der Waals surface area contributed by atoms with Crippen LogP contribution < -0.4 is 10.6 Å². The number of anilines is 2. The van der Waals surface area contributed by atoms with Gasteiger partial charge in [-0.1, -0.05) is 25.1 Å². The number of carboxylic acid groups (broad SMARTS) is 1. The first kappa shape index (κ1) is 18.6. The number of rotatable bonds is 7. The average molecular weight is 366 g/mol. The number of carbonyl (C=O) groups excluding carboxylic acids is 2.